The van der Waals surface area contributed by atoms with Crippen molar-refractivity contribution in [3.05, 3.63) is 58.9 Å². The zero-order chi connectivity index (χ0) is 20.9. The van der Waals surface area contributed by atoms with Gasteiger partial charge in [0.1, 0.15) is 5.82 Å². The van der Waals surface area contributed by atoms with E-state index in [2.05, 4.69) is 15.4 Å². The van der Waals surface area contributed by atoms with Gasteiger partial charge in [-0.25, -0.2) is 9.18 Å². The maximum absolute atomic E-state index is 13.2. The number of esters is 1. The highest BCUT2D eigenvalue weighted by Crippen LogP contribution is 2.27. The van der Waals surface area contributed by atoms with Crippen molar-refractivity contribution in [1.82, 2.24) is 0 Å². The van der Waals surface area contributed by atoms with Crippen LogP contribution in [0.1, 0.15) is 30.6 Å². The lowest BCUT2D eigenvalue weighted by Gasteiger charge is -2.22. The number of hydrogen-bond acceptors (Lipinski definition) is 4. The highest BCUT2D eigenvalue weighted by atomic mass is 35.5. The van der Waals surface area contributed by atoms with Crippen molar-refractivity contribution in [2.45, 2.75) is 20.3 Å². The predicted octanol–water partition coefficient (Wildman–Crippen LogP) is 4.90. The van der Waals surface area contributed by atoms with E-state index in [1.165, 1.54) is 25.3 Å². The largest absolute Gasteiger partial charge is 0.469 e. The second-order valence-electron chi connectivity index (χ2n) is 6.75. The number of ketones is 1. The quantitative estimate of drug-likeness (QED) is 0.528. The summed E-state index contributed by atoms with van der Waals surface area (Å²) in [6, 6.07) is 9.55. The molecule has 0 aliphatic heterocycles. The number of rotatable bonds is 6. The Kier molecular flexibility index (Phi) is 6.75. The first kappa shape index (κ1) is 21.4. The van der Waals surface area contributed by atoms with Gasteiger partial charge in [-0.05, 0) is 30.3 Å². The van der Waals surface area contributed by atoms with Gasteiger partial charge in [-0.3, -0.25) is 9.59 Å². The minimum atomic E-state index is -0.959. The fraction of sp³-hybridized carbons (Fsp3) is 0.250. The van der Waals surface area contributed by atoms with Crippen molar-refractivity contribution in [2.75, 3.05) is 17.7 Å². The van der Waals surface area contributed by atoms with Crippen LogP contribution in [0.15, 0.2) is 42.5 Å². The normalized spacial score (nSPS) is 10.9. The highest BCUT2D eigenvalue weighted by Gasteiger charge is 2.31. The molecule has 0 atom stereocenters. The molecule has 0 saturated heterocycles. The molecule has 2 aromatic rings. The number of anilines is 2. The van der Waals surface area contributed by atoms with Crippen molar-refractivity contribution in [1.29, 1.82) is 0 Å². The molecule has 0 bridgehead atoms. The molecule has 0 aliphatic carbocycles. The molecule has 28 heavy (non-hydrogen) atoms. The molecule has 0 spiro atoms. The molecular formula is C20H20ClFN2O4. The van der Waals surface area contributed by atoms with Crippen LogP contribution in [0, 0.1) is 11.2 Å². The van der Waals surface area contributed by atoms with Crippen LogP contribution < -0.4 is 10.6 Å². The van der Waals surface area contributed by atoms with E-state index in [-0.39, 0.29) is 17.2 Å². The average Bonchev–Trinajstić information content (AvgIpc) is 2.63. The topological polar surface area (TPSA) is 84.5 Å². The molecule has 0 aromatic heterocycles. The maximum Gasteiger partial charge on any atom is 0.323 e. The molecule has 2 aromatic carbocycles. The summed E-state index contributed by atoms with van der Waals surface area (Å²) in [6.07, 6.45) is -0.0637. The molecule has 8 heteroatoms. The molecule has 148 valence electrons. The third-order valence-corrected chi connectivity index (χ3v) is 4.28. The summed E-state index contributed by atoms with van der Waals surface area (Å²) in [4.78, 5) is 36.4. The fourth-order valence-electron chi connectivity index (χ4n) is 2.51. The summed E-state index contributed by atoms with van der Waals surface area (Å²) >= 11 is 5.69. The lowest BCUT2D eigenvalue weighted by Crippen LogP contribution is -2.28. The molecule has 0 aliphatic rings. The van der Waals surface area contributed by atoms with Gasteiger partial charge in [0.25, 0.3) is 0 Å². The van der Waals surface area contributed by atoms with Gasteiger partial charge in [-0.2, -0.15) is 0 Å². The third kappa shape index (κ3) is 5.53. The Morgan fingerprint density at radius 3 is 2.32 bits per heavy atom. The minimum Gasteiger partial charge on any atom is -0.469 e. The van der Waals surface area contributed by atoms with E-state index in [1.807, 2.05) is 0 Å². The molecule has 0 radical (unpaired) electrons. The monoisotopic (exact) mass is 406 g/mol. The number of halogens is 2. The van der Waals surface area contributed by atoms with Gasteiger partial charge < -0.3 is 15.4 Å². The first-order valence-corrected chi connectivity index (χ1v) is 8.75. The Balaban J connectivity index is 2.09. The maximum atomic E-state index is 13.2. The highest BCUT2D eigenvalue weighted by molar-refractivity contribution is 6.31. The van der Waals surface area contributed by atoms with Crippen LogP contribution >= 0.6 is 11.6 Å². The van der Waals surface area contributed by atoms with E-state index in [1.54, 1.807) is 32.0 Å². The molecule has 0 saturated carbocycles. The Labute approximate surface area is 167 Å². The van der Waals surface area contributed by atoms with E-state index in [4.69, 9.17) is 11.6 Å². The van der Waals surface area contributed by atoms with Gasteiger partial charge in [-0.1, -0.05) is 37.6 Å². The molecule has 6 nitrogen and oxygen atoms in total. The molecule has 2 rings (SSSR count). The third-order valence-electron chi connectivity index (χ3n) is 3.99. The fourth-order valence-corrected chi connectivity index (χ4v) is 2.69. The average molecular weight is 407 g/mol. The van der Waals surface area contributed by atoms with Crippen LogP contribution in [0.25, 0.3) is 0 Å². The standard InChI is InChI=1S/C20H20ClFN2O4/c1-20(2,11-17(25)28-3)18(26)12-5-4-6-13(9-12)23-19(27)24-14-7-8-16(22)15(21)10-14/h4-10H,11H2,1-3H3,(H2,23,24,27). The predicted molar refractivity (Wildman–Crippen MR) is 105 cm³/mol. The number of carbonyl (C=O) groups excluding carboxylic acids is 3. The van der Waals surface area contributed by atoms with Crippen molar-refractivity contribution >= 4 is 40.8 Å². The number of benzene rings is 2. The van der Waals surface area contributed by atoms with E-state index in [0.29, 0.717) is 16.9 Å². The van der Waals surface area contributed by atoms with Crippen molar-refractivity contribution in [3.8, 4) is 0 Å². The molecule has 0 unspecified atom stereocenters. The first-order chi connectivity index (χ1) is 13.1. The van der Waals surface area contributed by atoms with Gasteiger partial charge in [-0.15, -0.1) is 0 Å². The number of urea groups is 1. The number of carbonyl (C=O) groups is 3. The molecule has 0 fully saturated rings. The Hall–Kier alpha value is -2.93. The van der Waals surface area contributed by atoms with Crippen LogP contribution in [0.4, 0.5) is 20.6 Å². The lowest BCUT2D eigenvalue weighted by atomic mass is 9.81. The summed E-state index contributed by atoms with van der Waals surface area (Å²) in [5, 5.41) is 5.00. The number of Topliss-reactive ketones (excluding diaryl/α,β-unsaturated/α-hetero) is 1. The van der Waals surface area contributed by atoms with Gasteiger partial charge in [0.05, 0.1) is 18.6 Å². The van der Waals surface area contributed by atoms with Crippen LogP contribution in [0.3, 0.4) is 0 Å². The second-order valence-corrected chi connectivity index (χ2v) is 7.16. The first-order valence-electron chi connectivity index (χ1n) is 8.37. The van der Waals surface area contributed by atoms with Crippen molar-refractivity contribution in [2.24, 2.45) is 5.41 Å². The number of hydrogen-bond donors (Lipinski definition) is 2. The second kappa shape index (κ2) is 8.84. The minimum absolute atomic E-state index is 0.0637. The number of methoxy groups -OCH3 is 1. The number of nitrogens with one attached hydrogen (secondary N) is 2. The Morgan fingerprint density at radius 1 is 1.07 bits per heavy atom. The molecular weight excluding hydrogens is 387 g/mol. The van der Waals surface area contributed by atoms with Crippen LogP contribution in [0.2, 0.25) is 5.02 Å². The van der Waals surface area contributed by atoms with Crippen LogP contribution in [-0.2, 0) is 9.53 Å². The summed E-state index contributed by atoms with van der Waals surface area (Å²) in [5.74, 6) is -1.33. The van der Waals surface area contributed by atoms with Gasteiger partial charge in [0.2, 0.25) is 0 Å². The number of ether oxygens (including phenoxy) is 1. The van der Waals surface area contributed by atoms with E-state index < -0.39 is 23.2 Å². The molecule has 0 heterocycles. The van der Waals surface area contributed by atoms with E-state index in [0.717, 1.165) is 6.07 Å². The molecule has 2 amide bonds. The van der Waals surface area contributed by atoms with E-state index >= 15 is 0 Å². The van der Waals surface area contributed by atoms with Crippen LogP contribution in [-0.4, -0.2) is 24.9 Å². The smallest absolute Gasteiger partial charge is 0.323 e. The van der Waals surface area contributed by atoms with Crippen molar-refractivity contribution in [3.63, 3.8) is 0 Å². The van der Waals surface area contributed by atoms with Crippen LogP contribution in [0.5, 0.6) is 0 Å². The summed E-state index contributed by atoms with van der Waals surface area (Å²) in [5.41, 5.74) is 0.0797. The molecule has 2 N–H and O–H groups in total. The summed E-state index contributed by atoms with van der Waals surface area (Å²) < 4.78 is 17.8. The van der Waals surface area contributed by atoms with E-state index in [9.17, 15) is 18.8 Å². The van der Waals surface area contributed by atoms with Gasteiger partial charge in [0, 0.05) is 22.4 Å². The zero-order valence-corrected chi connectivity index (χ0v) is 16.4. The van der Waals surface area contributed by atoms with Crippen molar-refractivity contribution < 1.29 is 23.5 Å². The summed E-state index contributed by atoms with van der Waals surface area (Å²) in [7, 11) is 1.26. The van der Waals surface area contributed by atoms with Gasteiger partial charge in [0.15, 0.2) is 5.78 Å². The van der Waals surface area contributed by atoms with Gasteiger partial charge >= 0.3 is 12.0 Å². The Bertz CT molecular complexity index is 915. The summed E-state index contributed by atoms with van der Waals surface area (Å²) in [6.45, 7) is 3.30. The Morgan fingerprint density at radius 2 is 1.71 bits per heavy atom. The lowest BCUT2D eigenvalue weighted by molar-refractivity contribution is -0.142. The SMILES string of the molecule is COC(=O)CC(C)(C)C(=O)c1cccc(NC(=O)Nc2ccc(F)c(Cl)c2)c1. The number of amides is 2. The zero-order valence-electron chi connectivity index (χ0n) is 15.6.